The first-order valence-corrected chi connectivity index (χ1v) is 8.91. The molecule has 0 aliphatic heterocycles. The third-order valence-corrected chi connectivity index (χ3v) is 4.15. The number of anilines is 1. The van der Waals surface area contributed by atoms with E-state index in [4.69, 9.17) is 15.2 Å². The van der Waals surface area contributed by atoms with E-state index in [-0.39, 0.29) is 12.2 Å². The van der Waals surface area contributed by atoms with E-state index in [1.807, 2.05) is 25.1 Å². The number of amides is 2. The van der Waals surface area contributed by atoms with Crippen LogP contribution in [0.1, 0.15) is 11.1 Å². The Morgan fingerprint density at radius 1 is 1.32 bits per heavy atom. The Bertz CT molecular complexity index is 980. The van der Waals surface area contributed by atoms with Crippen LogP contribution in [0.3, 0.4) is 0 Å². The molecule has 8 heteroatoms. The zero-order chi connectivity index (χ0) is 20.7. The number of rotatable bonds is 7. The molecule has 2 rings (SSSR count). The number of methoxy groups -OCH3 is 1. The lowest BCUT2D eigenvalue weighted by Gasteiger charge is -2.12. The molecule has 0 spiro atoms. The summed E-state index contributed by atoms with van der Waals surface area (Å²) < 4.78 is 11.1. The molecule has 0 atom stereocenters. The summed E-state index contributed by atoms with van der Waals surface area (Å²) in [4.78, 5) is 23.4. The molecular weight excluding hydrogens is 426 g/mol. The Morgan fingerprint density at radius 3 is 2.68 bits per heavy atom. The monoisotopic (exact) mass is 443 g/mol. The molecule has 0 aliphatic carbocycles. The number of benzene rings is 2. The van der Waals surface area contributed by atoms with Gasteiger partial charge in [0, 0.05) is 5.69 Å². The van der Waals surface area contributed by atoms with Crippen LogP contribution in [0.2, 0.25) is 0 Å². The van der Waals surface area contributed by atoms with Crippen LogP contribution in [0.25, 0.3) is 6.08 Å². The first-order valence-electron chi connectivity index (χ1n) is 8.12. The molecule has 144 valence electrons. The number of aryl methyl sites for hydroxylation is 1. The van der Waals surface area contributed by atoms with Gasteiger partial charge in [0.05, 0.1) is 11.6 Å². The minimum atomic E-state index is -0.627. The van der Waals surface area contributed by atoms with Crippen LogP contribution in [0.5, 0.6) is 11.5 Å². The number of nitrogens with one attached hydrogen (secondary N) is 1. The average molecular weight is 444 g/mol. The van der Waals surface area contributed by atoms with Crippen LogP contribution in [-0.4, -0.2) is 25.5 Å². The molecule has 2 amide bonds. The van der Waals surface area contributed by atoms with E-state index >= 15 is 0 Å². The summed E-state index contributed by atoms with van der Waals surface area (Å²) >= 11 is 3.33. The Hall–Kier alpha value is -3.31. The third kappa shape index (κ3) is 5.59. The van der Waals surface area contributed by atoms with Crippen molar-refractivity contribution in [1.82, 2.24) is 0 Å². The lowest BCUT2D eigenvalue weighted by Crippen LogP contribution is -2.20. The fourth-order valence-corrected chi connectivity index (χ4v) is 2.92. The van der Waals surface area contributed by atoms with Crippen molar-refractivity contribution in [3.8, 4) is 17.6 Å². The number of carbonyl (C=O) groups excluding carboxylic acids is 2. The number of nitriles is 1. The molecule has 0 unspecified atom stereocenters. The van der Waals surface area contributed by atoms with Crippen LogP contribution < -0.4 is 20.5 Å². The zero-order valence-electron chi connectivity index (χ0n) is 15.3. The Balaban J connectivity index is 2.30. The van der Waals surface area contributed by atoms with Gasteiger partial charge < -0.3 is 20.5 Å². The second kappa shape index (κ2) is 9.58. The second-order valence-electron chi connectivity index (χ2n) is 5.78. The van der Waals surface area contributed by atoms with Gasteiger partial charge in [-0.05, 0) is 64.3 Å². The predicted molar refractivity (Wildman–Crippen MR) is 109 cm³/mol. The van der Waals surface area contributed by atoms with E-state index in [0.717, 1.165) is 5.56 Å². The predicted octanol–water partition coefficient (Wildman–Crippen LogP) is 3.18. The molecule has 2 aromatic rings. The number of carbonyl (C=O) groups is 2. The van der Waals surface area contributed by atoms with Crippen molar-refractivity contribution in [2.75, 3.05) is 19.0 Å². The standard InChI is InChI=1S/C20H18BrN3O4/c1-12-4-3-5-15(6-12)24-20(26)14(10-22)7-13-8-16(21)19(17(9-13)27-2)28-11-18(23)25/h3-9H,11H2,1-2H3,(H2,23,25)(H,24,26)/b14-7+. The number of hydrogen-bond acceptors (Lipinski definition) is 5. The summed E-state index contributed by atoms with van der Waals surface area (Å²) in [6, 6.07) is 12.4. The maximum absolute atomic E-state index is 12.4. The molecule has 2 aromatic carbocycles. The molecule has 0 aromatic heterocycles. The minimum Gasteiger partial charge on any atom is -0.493 e. The second-order valence-corrected chi connectivity index (χ2v) is 6.64. The van der Waals surface area contributed by atoms with Crippen molar-refractivity contribution in [2.45, 2.75) is 6.92 Å². The molecule has 0 heterocycles. The van der Waals surface area contributed by atoms with Gasteiger partial charge >= 0.3 is 0 Å². The molecule has 0 aliphatic rings. The van der Waals surface area contributed by atoms with Crippen molar-refractivity contribution in [3.63, 3.8) is 0 Å². The highest BCUT2D eigenvalue weighted by molar-refractivity contribution is 9.10. The summed E-state index contributed by atoms with van der Waals surface area (Å²) in [5, 5.41) is 12.1. The zero-order valence-corrected chi connectivity index (χ0v) is 16.9. The van der Waals surface area contributed by atoms with Gasteiger partial charge in [0.15, 0.2) is 18.1 Å². The molecule has 3 N–H and O–H groups in total. The molecule has 0 fully saturated rings. The van der Waals surface area contributed by atoms with Gasteiger partial charge in [0.1, 0.15) is 11.6 Å². The first-order chi connectivity index (χ1) is 13.3. The summed E-state index contributed by atoms with van der Waals surface area (Å²) in [6.07, 6.45) is 1.43. The molecule has 0 saturated carbocycles. The van der Waals surface area contributed by atoms with E-state index in [1.165, 1.54) is 13.2 Å². The van der Waals surface area contributed by atoms with Gasteiger partial charge in [0.25, 0.3) is 11.8 Å². The van der Waals surface area contributed by atoms with Crippen molar-refractivity contribution in [3.05, 3.63) is 57.6 Å². The van der Waals surface area contributed by atoms with E-state index in [2.05, 4.69) is 21.2 Å². The number of nitrogens with two attached hydrogens (primary N) is 1. The lowest BCUT2D eigenvalue weighted by atomic mass is 10.1. The van der Waals surface area contributed by atoms with Crippen LogP contribution in [0, 0.1) is 18.3 Å². The van der Waals surface area contributed by atoms with Gasteiger partial charge in [-0.25, -0.2) is 0 Å². The summed E-state index contributed by atoms with van der Waals surface area (Å²) in [5.74, 6) is -0.547. The maximum Gasteiger partial charge on any atom is 0.266 e. The van der Waals surface area contributed by atoms with Crippen molar-refractivity contribution >= 4 is 39.5 Å². The number of halogens is 1. The van der Waals surface area contributed by atoms with Crippen LogP contribution in [0.15, 0.2) is 46.4 Å². The van der Waals surface area contributed by atoms with E-state index in [0.29, 0.717) is 27.2 Å². The topological polar surface area (TPSA) is 114 Å². The van der Waals surface area contributed by atoms with E-state index < -0.39 is 11.8 Å². The Kier molecular flexibility index (Phi) is 7.18. The van der Waals surface area contributed by atoms with Gasteiger partial charge in [0.2, 0.25) is 0 Å². The minimum absolute atomic E-state index is 0.0822. The molecule has 0 radical (unpaired) electrons. The molecular formula is C20H18BrN3O4. The third-order valence-electron chi connectivity index (χ3n) is 3.56. The fourth-order valence-electron chi connectivity index (χ4n) is 2.34. The van der Waals surface area contributed by atoms with Gasteiger partial charge in [-0.15, -0.1) is 0 Å². The highest BCUT2D eigenvalue weighted by Crippen LogP contribution is 2.37. The molecule has 28 heavy (non-hydrogen) atoms. The smallest absolute Gasteiger partial charge is 0.266 e. The van der Waals surface area contributed by atoms with Crippen LogP contribution in [-0.2, 0) is 9.59 Å². The van der Waals surface area contributed by atoms with Crippen molar-refractivity contribution in [2.24, 2.45) is 5.73 Å². The number of nitrogens with zero attached hydrogens (tertiary/aromatic N) is 1. The lowest BCUT2D eigenvalue weighted by molar-refractivity contribution is -0.120. The van der Waals surface area contributed by atoms with Crippen molar-refractivity contribution in [1.29, 1.82) is 5.26 Å². The van der Waals surface area contributed by atoms with Gasteiger partial charge in [-0.1, -0.05) is 12.1 Å². The van der Waals surface area contributed by atoms with Gasteiger partial charge in [-0.3, -0.25) is 9.59 Å². The largest absolute Gasteiger partial charge is 0.493 e. The molecule has 0 saturated heterocycles. The average Bonchev–Trinajstić information content (AvgIpc) is 2.64. The quantitative estimate of drug-likeness (QED) is 0.503. The number of hydrogen-bond donors (Lipinski definition) is 2. The van der Waals surface area contributed by atoms with Crippen molar-refractivity contribution < 1.29 is 19.1 Å². The molecule has 0 bridgehead atoms. The fraction of sp³-hybridized carbons (Fsp3) is 0.150. The Labute approximate surface area is 170 Å². The maximum atomic E-state index is 12.4. The Morgan fingerprint density at radius 2 is 2.07 bits per heavy atom. The number of primary amides is 1. The van der Waals surface area contributed by atoms with Crippen LogP contribution >= 0.6 is 15.9 Å². The number of ether oxygens (including phenoxy) is 2. The highest BCUT2D eigenvalue weighted by atomic mass is 79.9. The first kappa shape index (κ1) is 21.0. The summed E-state index contributed by atoms with van der Waals surface area (Å²) in [6.45, 7) is 1.59. The highest BCUT2D eigenvalue weighted by Gasteiger charge is 2.14. The van der Waals surface area contributed by atoms with E-state index in [9.17, 15) is 14.9 Å². The summed E-state index contributed by atoms with van der Waals surface area (Å²) in [5.41, 5.74) is 7.13. The normalized spacial score (nSPS) is 10.7. The van der Waals surface area contributed by atoms with Crippen LogP contribution in [0.4, 0.5) is 5.69 Å². The SMILES string of the molecule is COc1cc(/C=C(\C#N)C(=O)Nc2cccc(C)c2)cc(Br)c1OCC(N)=O. The van der Waals surface area contributed by atoms with E-state index in [1.54, 1.807) is 24.3 Å². The van der Waals surface area contributed by atoms with Gasteiger partial charge in [-0.2, -0.15) is 5.26 Å². The molecule has 7 nitrogen and oxygen atoms in total. The summed E-state index contributed by atoms with van der Waals surface area (Å²) in [7, 11) is 1.43.